The van der Waals surface area contributed by atoms with Crippen LogP contribution in [0.4, 0.5) is 5.69 Å². The van der Waals surface area contributed by atoms with Crippen molar-refractivity contribution < 1.29 is 19.4 Å². The Hall–Kier alpha value is -1.83. The van der Waals surface area contributed by atoms with Crippen LogP contribution in [-0.4, -0.2) is 65.7 Å². The van der Waals surface area contributed by atoms with Crippen LogP contribution in [0.3, 0.4) is 0 Å². The summed E-state index contributed by atoms with van der Waals surface area (Å²) in [4.78, 5) is 30.5. The smallest absolute Gasteiger partial charge is 0.270 e. The van der Waals surface area contributed by atoms with E-state index in [4.69, 9.17) is 9.84 Å². The number of unbranched alkanes of at least 4 members (excludes halogenated alkanes) is 1. The summed E-state index contributed by atoms with van der Waals surface area (Å²) < 4.78 is 6.03. The van der Waals surface area contributed by atoms with Crippen LogP contribution >= 0.6 is 12.4 Å². The van der Waals surface area contributed by atoms with Crippen LogP contribution in [0, 0.1) is 6.92 Å². The van der Waals surface area contributed by atoms with Gasteiger partial charge >= 0.3 is 0 Å². The number of aliphatic hydroxyl groups is 1. The summed E-state index contributed by atoms with van der Waals surface area (Å²) in [7, 11) is 0. The molecule has 2 aliphatic rings. The number of piperidine rings is 1. The minimum atomic E-state index is -0.970. The van der Waals surface area contributed by atoms with Crippen LogP contribution in [0.2, 0.25) is 0 Å². The molecule has 180 valence electrons. The van der Waals surface area contributed by atoms with Crippen LogP contribution in [0.25, 0.3) is 0 Å². The van der Waals surface area contributed by atoms with Crippen LogP contribution in [-0.2, 0) is 4.79 Å². The number of amides is 2. The molecule has 2 N–H and O–H groups in total. The molecule has 2 aliphatic heterocycles. The van der Waals surface area contributed by atoms with E-state index in [-0.39, 0.29) is 42.9 Å². The van der Waals surface area contributed by atoms with Gasteiger partial charge in [0.1, 0.15) is 5.75 Å². The lowest BCUT2D eigenvalue weighted by atomic mass is 9.97. The fourth-order valence-corrected chi connectivity index (χ4v) is 4.58. The molecule has 2 heterocycles. The molecule has 32 heavy (non-hydrogen) atoms. The lowest BCUT2D eigenvalue weighted by Crippen LogP contribution is -2.53. The Morgan fingerprint density at radius 2 is 2.06 bits per heavy atom. The fourth-order valence-electron chi connectivity index (χ4n) is 4.58. The van der Waals surface area contributed by atoms with Crippen molar-refractivity contribution in [2.75, 3.05) is 31.1 Å². The maximum atomic E-state index is 13.7. The van der Waals surface area contributed by atoms with E-state index in [1.165, 1.54) is 0 Å². The molecule has 7 nitrogen and oxygen atoms in total. The molecule has 0 bridgehead atoms. The number of ether oxygens (including phenoxy) is 1. The minimum Gasteiger partial charge on any atom is -0.476 e. The van der Waals surface area contributed by atoms with Crippen molar-refractivity contribution in [3.05, 3.63) is 23.3 Å². The number of nitrogens with zero attached hydrogens (tertiary/aromatic N) is 2. The number of anilines is 1. The molecule has 1 fully saturated rings. The summed E-state index contributed by atoms with van der Waals surface area (Å²) in [5, 5.41) is 12.6. The second-order valence-corrected chi connectivity index (χ2v) is 9.44. The molecule has 3 rings (SSSR count). The molecule has 8 heteroatoms. The number of fused-ring (bicyclic) bond motifs is 1. The van der Waals surface area contributed by atoms with Gasteiger partial charge in [0.25, 0.3) is 11.8 Å². The zero-order valence-corrected chi connectivity index (χ0v) is 20.8. The lowest BCUT2D eigenvalue weighted by molar-refractivity contribution is -0.132. The summed E-state index contributed by atoms with van der Waals surface area (Å²) in [5.74, 6) is 0.493. The number of rotatable bonds is 7. The standard InChI is InChI=1S/C24H37N3O4.ClH/c1-16(2)27(18-9-8-10-25-15-18)22(29)19-14-20-21(13-17(19)3)31-24(4,5)23(30)26(20)11-6-7-12-28;/h13-14,16,18,25,28H,6-12,15H2,1-5H3;1H/t18-;/m1./s1. The van der Waals surface area contributed by atoms with Crippen molar-refractivity contribution in [3.8, 4) is 5.75 Å². The highest BCUT2D eigenvalue weighted by molar-refractivity contribution is 6.05. The Balaban J connectivity index is 0.00000363. The highest BCUT2D eigenvalue weighted by atomic mass is 35.5. The average molecular weight is 468 g/mol. The number of hydrogen-bond acceptors (Lipinski definition) is 5. The van der Waals surface area contributed by atoms with Crippen molar-refractivity contribution >= 4 is 29.9 Å². The van der Waals surface area contributed by atoms with Crippen LogP contribution < -0.4 is 15.0 Å². The summed E-state index contributed by atoms with van der Waals surface area (Å²) in [6.07, 6.45) is 3.35. The second kappa shape index (κ2) is 10.9. The van der Waals surface area contributed by atoms with Crippen LogP contribution in [0.1, 0.15) is 69.3 Å². The van der Waals surface area contributed by atoms with Gasteiger partial charge in [0.15, 0.2) is 5.60 Å². The van der Waals surface area contributed by atoms with Gasteiger partial charge < -0.3 is 25.0 Å². The Morgan fingerprint density at radius 1 is 1.34 bits per heavy atom. The molecule has 1 atom stereocenters. The van der Waals surface area contributed by atoms with Crippen LogP contribution in [0.15, 0.2) is 12.1 Å². The van der Waals surface area contributed by atoms with E-state index in [0.717, 1.165) is 31.5 Å². The van der Waals surface area contributed by atoms with Gasteiger partial charge in [0.2, 0.25) is 0 Å². The van der Waals surface area contributed by atoms with E-state index in [9.17, 15) is 9.59 Å². The quantitative estimate of drug-likeness (QED) is 0.601. The second-order valence-electron chi connectivity index (χ2n) is 9.44. The Bertz CT molecular complexity index is 822. The van der Waals surface area contributed by atoms with E-state index in [2.05, 4.69) is 19.2 Å². The molecular formula is C24H38ClN3O4. The van der Waals surface area contributed by atoms with Gasteiger partial charge in [0.05, 0.1) is 5.69 Å². The first-order chi connectivity index (χ1) is 14.7. The summed E-state index contributed by atoms with van der Waals surface area (Å²) >= 11 is 0. The normalized spacial score (nSPS) is 19.8. The zero-order chi connectivity index (χ0) is 22.8. The van der Waals surface area contributed by atoms with E-state index < -0.39 is 5.60 Å². The first kappa shape index (κ1) is 26.4. The highest BCUT2D eigenvalue weighted by Crippen LogP contribution is 2.40. The highest BCUT2D eigenvalue weighted by Gasteiger charge is 2.41. The van der Waals surface area contributed by atoms with Gasteiger partial charge in [-0.25, -0.2) is 0 Å². The Kier molecular flexibility index (Phi) is 8.97. The van der Waals surface area contributed by atoms with Crippen molar-refractivity contribution in [2.24, 2.45) is 0 Å². The predicted octanol–water partition coefficient (Wildman–Crippen LogP) is 3.30. The summed E-state index contributed by atoms with van der Waals surface area (Å²) in [5.41, 5.74) is 1.13. The third kappa shape index (κ3) is 5.38. The molecule has 0 radical (unpaired) electrons. The molecule has 1 saturated heterocycles. The van der Waals surface area contributed by atoms with Gasteiger partial charge in [-0.3, -0.25) is 9.59 Å². The van der Waals surface area contributed by atoms with Gasteiger partial charge in [-0.2, -0.15) is 0 Å². The third-order valence-electron chi connectivity index (χ3n) is 6.20. The van der Waals surface area contributed by atoms with Crippen molar-refractivity contribution in [1.82, 2.24) is 10.2 Å². The Labute approximate surface area is 197 Å². The van der Waals surface area contributed by atoms with E-state index >= 15 is 0 Å². The predicted molar refractivity (Wildman–Crippen MR) is 129 cm³/mol. The largest absolute Gasteiger partial charge is 0.476 e. The fraction of sp³-hybridized carbons (Fsp3) is 0.667. The maximum absolute atomic E-state index is 13.7. The van der Waals surface area contributed by atoms with Crippen LogP contribution in [0.5, 0.6) is 5.75 Å². The van der Waals surface area contributed by atoms with Gasteiger partial charge in [-0.05, 0) is 84.5 Å². The van der Waals surface area contributed by atoms with E-state index in [1.807, 2.05) is 24.0 Å². The maximum Gasteiger partial charge on any atom is 0.270 e. The number of hydrogen-bond donors (Lipinski definition) is 2. The number of nitrogens with one attached hydrogen (secondary N) is 1. The van der Waals surface area contributed by atoms with Gasteiger partial charge in [0, 0.05) is 37.3 Å². The van der Waals surface area contributed by atoms with E-state index in [1.54, 1.807) is 18.7 Å². The molecule has 0 saturated carbocycles. The molecule has 0 aromatic heterocycles. The topological polar surface area (TPSA) is 82.1 Å². The van der Waals surface area contributed by atoms with Gasteiger partial charge in [-0.1, -0.05) is 0 Å². The third-order valence-corrected chi connectivity index (χ3v) is 6.20. The number of aryl methyl sites for hydroxylation is 1. The number of halogens is 1. The molecule has 0 unspecified atom stereocenters. The van der Waals surface area contributed by atoms with Crippen molar-refractivity contribution in [1.29, 1.82) is 0 Å². The molecule has 1 aromatic carbocycles. The monoisotopic (exact) mass is 467 g/mol. The average Bonchev–Trinajstić information content (AvgIpc) is 2.71. The molecule has 0 spiro atoms. The molecule has 1 aromatic rings. The van der Waals surface area contributed by atoms with Gasteiger partial charge in [-0.15, -0.1) is 12.4 Å². The first-order valence-electron chi connectivity index (χ1n) is 11.5. The first-order valence-corrected chi connectivity index (χ1v) is 11.5. The molecule has 0 aliphatic carbocycles. The summed E-state index contributed by atoms with van der Waals surface area (Å²) in [6.45, 7) is 11.9. The van der Waals surface area contributed by atoms with Crippen molar-refractivity contribution in [2.45, 2.75) is 78.0 Å². The molecular weight excluding hydrogens is 430 g/mol. The Morgan fingerprint density at radius 3 is 2.66 bits per heavy atom. The van der Waals surface area contributed by atoms with E-state index in [0.29, 0.717) is 36.4 Å². The SMILES string of the molecule is Cc1cc2c(cc1C(=O)N(C(C)C)[C@@H]1CCCNC1)N(CCCCO)C(=O)C(C)(C)O2.Cl. The number of benzene rings is 1. The number of carbonyl (C=O) groups is 2. The lowest BCUT2D eigenvalue weighted by Gasteiger charge is -2.40. The number of aliphatic hydroxyl groups excluding tert-OH is 1. The molecule has 2 amide bonds. The zero-order valence-electron chi connectivity index (χ0n) is 19.9. The summed E-state index contributed by atoms with van der Waals surface area (Å²) in [6, 6.07) is 3.94. The minimum absolute atomic E-state index is 0. The number of carbonyl (C=O) groups excluding carboxylic acids is 2. The van der Waals surface area contributed by atoms with Crippen molar-refractivity contribution in [3.63, 3.8) is 0 Å².